The lowest BCUT2D eigenvalue weighted by atomic mass is 10.1. The second-order valence-corrected chi connectivity index (χ2v) is 4.67. The van der Waals surface area contributed by atoms with Crippen molar-refractivity contribution >= 4 is 0 Å². The summed E-state index contributed by atoms with van der Waals surface area (Å²) in [4.78, 5) is 8.18. The van der Waals surface area contributed by atoms with E-state index in [0.29, 0.717) is 18.3 Å². The molecule has 0 bridgehead atoms. The summed E-state index contributed by atoms with van der Waals surface area (Å²) in [7, 11) is 3.18. The van der Waals surface area contributed by atoms with Crippen molar-refractivity contribution in [1.82, 2.24) is 25.5 Å². The Morgan fingerprint density at radius 3 is 2.48 bits per heavy atom. The highest BCUT2D eigenvalue weighted by molar-refractivity contribution is 5.34. The van der Waals surface area contributed by atoms with Crippen molar-refractivity contribution in [2.45, 2.75) is 26.3 Å². The van der Waals surface area contributed by atoms with Crippen LogP contribution in [0.25, 0.3) is 0 Å². The van der Waals surface area contributed by atoms with Crippen LogP contribution in [0.1, 0.15) is 23.2 Å². The molecule has 0 aliphatic rings. The minimum atomic E-state index is 0.542. The van der Waals surface area contributed by atoms with Crippen molar-refractivity contribution < 1.29 is 9.47 Å². The zero-order chi connectivity index (χ0) is 15.1. The van der Waals surface area contributed by atoms with Crippen molar-refractivity contribution in [2.75, 3.05) is 20.8 Å². The van der Waals surface area contributed by atoms with Crippen LogP contribution in [-0.2, 0) is 13.0 Å². The van der Waals surface area contributed by atoms with Crippen LogP contribution in [0.15, 0.2) is 12.5 Å². The molecule has 0 unspecified atom stereocenters. The SMILES string of the molecule is COc1ncnc(OC)c1CNCCCc1cn[nH]c1C. The van der Waals surface area contributed by atoms with Crippen molar-refractivity contribution in [3.05, 3.63) is 29.3 Å². The molecule has 0 aliphatic carbocycles. The molecule has 0 saturated carbocycles. The molecule has 7 nitrogen and oxygen atoms in total. The fourth-order valence-corrected chi connectivity index (χ4v) is 2.13. The number of hydrogen-bond acceptors (Lipinski definition) is 6. The van der Waals surface area contributed by atoms with E-state index >= 15 is 0 Å². The van der Waals surface area contributed by atoms with Crippen molar-refractivity contribution in [1.29, 1.82) is 0 Å². The van der Waals surface area contributed by atoms with Gasteiger partial charge in [-0.05, 0) is 31.9 Å². The van der Waals surface area contributed by atoms with E-state index in [0.717, 1.165) is 30.6 Å². The van der Waals surface area contributed by atoms with E-state index in [-0.39, 0.29) is 0 Å². The molecule has 0 aromatic carbocycles. The van der Waals surface area contributed by atoms with Crippen LogP contribution < -0.4 is 14.8 Å². The van der Waals surface area contributed by atoms with E-state index < -0.39 is 0 Å². The summed E-state index contributed by atoms with van der Waals surface area (Å²) in [6, 6.07) is 0. The van der Waals surface area contributed by atoms with E-state index in [9.17, 15) is 0 Å². The number of aromatic nitrogens is 4. The Morgan fingerprint density at radius 1 is 1.19 bits per heavy atom. The summed E-state index contributed by atoms with van der Waals surface area (Å²) in [5.41, 5.74) is 3.23. The van der Waals surface area contributed by atoms with Crippen LogP contribution in [0.5, 0.6) is 11.8 Å². The molecule has 2 aromatic rings. The highest BCUT2D eigenvalue weighted by Crippen LogP contribution is 2.22. The number of rotatable bonds is 8. The Labute approximate surface area is 124 Å². The second-order valence-electron chi connectivity index (χ2n) is 4.67. The van der Waals surface area contributed by atoms with Gasteiger partial charge in [0.1, 0.15) is 6.33 Å². The summed E-state index contributed by atoms with van der Waals surface area (Å²) in [5.74, 6) is 1.08. The molecule has 2 N–H and O–H groups in total. The zero-order valence-electron chi connectivity index (χ0n) is 12.6. The lowest BCUT2D eigenvalue weighted by Crippen LogP contribution is -2.17. The summed E-state index contributed by atoms with van der Waals surface area (Å²) >= 11 is 0. The van der Waals surface area contributed by atoms with Gasteiger partial charge in [0.05, 0.1) is 26.0 Å². The third-order valence-electron chi connectivity index (χ3n) is 3.29. The van der Waals surface area contributed by atoms with Crippen LogP contribution >= 0.6 is 0 Å². The normalized spacial score (nSPS) is 10.6. The molecule has 0 saturated heterocycles. The van der Waals surface area contributed by atoms with Gasteiger partial charge in [-0.2, -0.15) is 5.10 Å². The molecule has 2 heterocycles. The molecule has 0 aliphatic heterocycles. The largest absolute Gasteiger partial charge is 0.481 e. The van der Waals surface area contributed by atoms with E-state index in [1.165, 1.54) is 11.9 Å². The topological polar surface area (TPSA) is 85.0 Å². The summed E-state index contributed by atoms with van der Waals surface area (Å²) in [6.07, 6.45) is 5.34. The number of nitrogens with one attached hydrogen (secondary N) is 2. The smallest absolute Gasteiger partial charge is 0.224 e. The first-order chi connectivity index (χ1) is 10.3. The number of aromatic amines is 1. The Balaban J connectivity index is 1.82. The molecular weight excluding hydrogens is 270 g/mol. The summed E-state index contributed by atoms with van der Waals surface area (Å²) in [5, 5.41) is 10.3. The van der Waals surface area contributed by atoms with E-state index in [1.54, 1.807) is 14.2 Å². The Kier molecular flexibility index (Phi) is 5.51. The van der Waals surface area contributed by atoms with Gasteiger partial charge in [0.25, 0.3) is 0 Å². The lowest BCUT2D eigenvalue weighted by Gasteiger charge is -2.11. The standard InChI is InChI=1S/C14H21N5O2/c1-10-11(7-18-19-10)5-4-6-15-8-12-13(20-2)16-9-17-14(12)21-3/h7,9,15H,4-6,8H2,1-3H3,(H,18,19). The van der Waals surface area contributed by atoms with Crippen LogP contribution in [0, 0.1) is 6.92 Å². The molecular formula is C14H21N5O2. The van der Waals surface area contributed by atoms with E-state index in [4.69, 9.17) is 9.47 Å². The molecule has 7 heteroatoms. The molecule has 0 fully saturated rings. The fourth-order valence-electron chi connectivity index (χ4n) is 2.13. The molecule has 114 valence electrons. The van der Waals surface area contributed by atoms with Crippen molar-refractivity contribution in [2.24, 2.45) is 0 Å². The molecule has 21 heavy (non-hydrogen) atoms. The van der Waals surface area contributed by atoms with E-state index in [1.807, 2.05) is 13.1 Å². The number of nitrogens with zero attached hydrogens (tertiary/aromatic N) is 3. The molecule has 2 rings (SSSR count). The number of hydrogen-bond donors (Lipinski definition) is 2. The zero-order valence-corrected chi connectivity index (χ0v) is 12.6. The van der Waals surface area contributed by atoms with Gasteiger partial charge in [-0.1, -0.05) is 0 Å². The van der Waals surface area contributed by atoms with Gasteiger partial charge in [0.2, 0.25) is 11.8 Å². The molecule has 0 atom stereocenters. The number of H-pyrrole nitrogens is 1. The van der Waals surface area contributed by atoms with Gasteiger partial charge in [0.15, 0.2) is 0 Å². The first-order valence-corrected chi connectivity index (χ1v) is 6.87. The predicted octanol–water partition coefficient (Wildman–Crippen LogP) is 1.25. The third-order valence-corrected chi connectivity index (χ3v) is 3.29. The molecule has 0 radical (unpaired) electrons. The first-order valence-electron chi connectivity index (χ1n) is 6.87. The van der Waals surface area contributed by atoms with Crippen molar-refractivity contribution in [3.8, 4) is 11.8 Å². The molecule has 2 aromatic heterocycles. The maximum absolute atomic E-state index is 5.24. The van der Waals surface area contributed by atoms with Crippen molar-refractivity contribution in [3.63, 3.8) is 0 Å². The van der Waals surface area contributed by atoms with Crippen LogP contribution in [0.2, 0.25) is 0 Å². The van der Waals surface area contributed by atoms with Crippen LogP contribution in [0.3, 0.4) is 0 Å². The Bertz CT molecular complexity index is 548. The highest BCUT2D eigenvalue weighted by atomic mass is 16.5. The minimum Gasteiger partial charge on any atom is -0.481 e. The maximum Gasteiger partial charge on any atom is 0.224 e. The molecule has 0 spiro atoms. The van der Waals surface area contributed by atoms with E-state index in [2.05, 4.69) is 25.5 Å². The third kappa shape index (κ3) is 3.91. The number of ether oxygens (including phenoxy) is 2. The van der Waals surface area contributed by atoms with Gasteiger partial charge in [-0.15, -0.1) is 0 Å². The van der Waals surface area contributed by atoms with Gasteiger partial charge < -0.3 is 14.8 Å². The number of aryl methyl sites for hydroxylation is 2. The minimum absolute atomic E-state index is 0.542. The Hall–Kier alpha value is -2.15. The number of methoxy groups -OCH3 is 2. The first kappa shape index (κ1) is 15.2. The van der Waals surface area contributed by atoms with Gasteiger partial charge in [0, 0.05) is 12.2 Å². The predicted molar refractivity (Wildman–Crippen MR) is 78.5 cm³/mol. The fraction of sp³-hybridized carbons (Fsp3) is 0.500. The second kappa shape index (κ2) is 7.58. The average molecular weight is 291 g/mol. The molecule has 0 amide bonds. The maximum atomic E-state index is 5.24. The highest BCUT2D eigenvalue weighted by Gasteiger charge is 2.12. The summed E-state index contributed by atoms with van der Waals surface area (Å²) < 4.78 is 10.5. The van der Waals surface area contributed by atoms with Gasteiger partial charge in [-0.3, -0.25) is 5.10 Å². The van der Waals surface area contributed by atoms with Crippen LogP contribution in [0.4, 0.5) is 0 Å². The van der Waals surface area contributed by atoms with Gasteiger partial charge in [-0.25, -0.2) is 9.97 Å². The monoisotopic (exact) mass is 291 g/mol. The van der Waals surface area contributed by atoms with Crippen LogP contribution in [-0.4, -0.2) is 40.9 Å². The lowest BCUT2D eigenvalue weighted by molar-refractivity contribution is 0.359. The average Bonchev–Trinajstić information content (AvgIpc) is 2.92. The Morgan fingerprint density at radius 2 is 1.90 bits per heavy atom. The quantitative estimate of drug-likeness (QED) is 0.712. The van der Waals surface area contributed by atoms with Gasteiger partial charge >= 0.3 is 0 Å². The summed E-state index contributed by atoms with van der Waals surface area (Å²) in [6.45, 7) is 3.52.